The Morgan fingerprint density at radius 3 is 1.92 bits per heavy atom. The number of hydrogen-bond donors (Lipinski definition) is 0. The maximum atomic E-state index is 4.92. The van der Waals surface area contributed by atoms with Crippen LogP contribution in [-0.2, 0) is 6.42 Å². The molecule has 0 unspecified atom stereocenters. The molecule has 0 spiro atoms. The fourth-order valence-electron chi connectivity index (χ4n) is 2.63. The first-order chi connectivity index (χ1) is 11.8. The molecular formula is C23H21N. The van der Waals surface area contributed by atoms with Gasteiger partial charge in [0.1, 0.15) is 0 Å². The lowest BCUT2D eigenvalue weighted by atomic mass is 10.1. The molecule has 0 saturated carbocycles. The summed E-state index contributed by atoms with van der Waals surface area (Å²) in [6, 6.07) is 31.1. The van der Waals surface area contributed by atoms with Crippen LogP contribution in [0.15, 0.2) is 96.0 Å². The molecule has 0 aliphatic rings. The molecule has 0 amide bonds. The molecule has 0 N–H and O–H groups in total. The third-order valence-corrected chi connectivity index (χ3v) is 3.79. The predicted octanol–water partition coefficient (Wildman–Crippen LogP) is 5.89. The molecule has 0 heterocycles. The number of hydrogen-bond acceptors (Lipinski definition) is 1. The van der Waals surface area contributed by atoms with Crippen LogP contribution in [0.4, 0.5) is 0 Å². The highest BCUT2D eigenvalue weighted by Gasteiger charge is 2.02. The maximum absolute atomic E-state index is 4.92. The lowest BCUT2D eigenvalue weighted by Gasteiger charge is -2.06. The molecule has 0 bridgehead atoms. The second-order valence-electron chi connectivity index (χ2n) is 5.82. The van der Waals surface area contributed by atoms with E-state index < -0.39 is 0 Å². The third kappa shape index (κ3) is 4.53. The summed E-state index contributed by atoms with van der Waals surface area (Å²) in [5, 5.41) is 0. The Morgan fingerprint density at radius 2 is 1.29 bits per heavy atom. The van der Waals surface area contributed by atoms with E-state index in [0.717, 1.165) is 29.0 Å². The first kappa shape index (κ1) is 15.9. The molecule has 0 fully saturated rings. The number of aliphatic imine (C=N–C) groups is 1. The van der Waals surface area contributed by atoms with E-state index in [4.69, 9.17) is 4.99 Å². The molecule has 3 aromatic carbocycles. The second kappa shape index (κ2) is 8.07. The number of benzene rings is 3. The van der Waals surface area contributed by atoms with E-state index in [1.807, 2.05) is 18.2 Å². The van der Waals surface area contributed by atoms with E-state index in [0.29, 0.717) is 0 Å². The summed E-state index contributed by atoms with van der Waals surface area (Å²) in [4.78, 5) is 4.92. The monoisotopic (exact) mass is 311 g/mol. The number of rotatable bonds is 5. The minimum absolute atomic E-state index is 0.861. The summed E-state index contributed by atoms with van der Waals surface area (Å²) < 4.78 is 0. The second-order valence-corrected chi connectivity index (χ2v) is 5.82. The molecule has 118 valence electrons. The van der Waals surface area contributed by atoms with Crippen molar-refractivity contribution in [2.75, 3.05) is 0 Å². The first-order valence-electron chi connectivity index (χ1n) is 8.21. The van der Waals surface area contributed by atoms with Crippen LogP contribution < -0.4 is 0 Å². The van der Waals surface area contributed by atoms with Crippen LogP contribution in [0.25, 0.3) is 11.8 Å². The lowest BCUT2D eigenvalue weighted by Crippen LogP contribution is -1.98. The van der Waals surface area contributed by atoms with Gasteiger partial charge >= 0.3 is 0 Å². The van der Waals surface area contributed by atoms with Gasteiger partial charge in [-0.25, -0.2) is 0 Å². The fourth-order valence-corrected chi connectivity index (χ4v) is 2.63. The zero-order chi connectivity index (χ0) is 16.6. The van der Waals surface area contributed by atoms with Gasteiger partial charge in [0, 0.05) is 17.7 Å². The minimum atomic E-state index is 0.861. The lowest BCUT2D eigenvalue weighted by molar-refractivity contribution is 1.29. The van der Waals surface area contributed by atoms with Gasteiger partial charge in [0.2, 0.25) is 0 Å². The minimum Gasteiger partial charge on any atom is -0.257 e. The largest absolute Gasteiger partial charge is 0.257 e. The predicted molar refractivity (Wildman–Crippen MR) is 104 cm³/mol. The molecule has 1 heteroatoms. The summed E-state index contributed by atoms with van der Waals surface area (Å²) >= 11 is 0. The van der Waals surface area contributed by atoms with Gasteiger partial charge in [-0.3, -0.25) is 4.99 Å². The molecule has 3 aromatic rings. The van der Waals surface area contributed by atoms with Crippen LogP contribution in [0.3, 0.4) is 0 Å². The van der Waals surface area contributed by atoms with Crippen molar-refractivity contribution in [3.8, 4) is 0 Å². The highest BCUT2D eigenvalue weighted by molar-refractivity contribution is 5.93. The summed E-state index contributed by atoms with van der Waals surface area (Å²) in [7, 11) is 0. The van der Waals surface area contributed by atoms with E-state index in [-0.39, 0.29) is 0 Å². The topological polar surface area (TPSA) is 12.4 Å². The molecule has 0 radical (unpaired) electrons. The van der Waals surface area contributed by atoms with E-state index >= 15 is 0 Å². The summed E-state index contributed by atoms with van der Waals surface area (Å²) in [5.41, 5.74) is 5.68. The Labute approximate surface area is 144 Å². The average Bonchev–Trinajstić information content (AvgIpc) is 2.63. The normalized spacial score (nSPS) is 12.2. The van der Waals surface area contributed by atoms with E-state index in [1.54, 1.807) is 0 Å². The summed E-state index contributed by atoms with van der Waals surface area (Å²) in [6.45, 7) is 2.09. The van der Waals surface area contributed by atoms with Crippen molar-refractivity contribution in [1.82, 2.24) is 0 Å². The Balaban J connectivity index is 1.93. The van der Waals surface area contributed by atoms with E-state index in [1.165, 1.54) is 5.56 Å². The number of nitrogens with zero attached hydrogens (tertiary/aromatic N) is 1. The van der Waals surface area contributed by atoms with Crippen molar-refractivity contribution < 1.29 is 0 Å². The zero-order valence-corrected chi connectivity index (χ0v) is 13.9. The van der Waals surface area contributed by atoms with Crippen LogP contribution in [0.2, 0.25) is 0 Å². The smallest absolute Gasteiger partial charge is 0.0707 e. The molecule has 0 saturated heterocycles. The Bertz CT molecular complexity index is 816. The average molecular weight is 311 g/mol. The van der Waals surface area contributed by atoms with Crippen LogP contribution >= 0.6 is 0 Å². The Hall–Kier alpha value is -2.93. The van der Waals surface area contributed by atoms with Crippen molar-refractivity contribution in [3.63, 3.8) is 0 Å². The molecule has 0 aliphatic heterocycles. The van der Waals surface area contributed by atoms with Crippen LogP contribution in [0.1, 0.15) is 23.6 Å². The molecule has 1 nitrogen and oxygen atoms in total. The molecule has 3 rings (SSSR count). The van der Waals surface area contributed by atoms with Crippen molar-refractivity contribution in [3.05, 3.63) is 108 Å². The Morgan fingerprint density at radius 1 is 0.750 bits per heavy atom. The summed E-state index contributed by atoms with van der Waals surface area (Å²) in [5.74, 6) is 0. The van der Waals surface area contributed by atoms with Gasteiger partial charge in [0.25, 0.3) is 0 Å². The highest BCUT2D eigenvalue weighted by atomic mass is 14.8. The van der Waals surface area contributed by atoms with Crippen LogP contribution in [0, 0.1) is 0 Å². The van der Waals surface area contributed by atoms with Gasteiger partial charge in [0.15, 0.2) is 0 Å². The van der Waals surface area contributed by atoms with Crippen molar-refractivity contribution in [2.45, 2.75) is 13.3 Å². The van der Waals surface area contributed by atoms with E-state index in [2.05, 4.69) is 85.8 Å². The summed E-state index contributed by atoms with van der Waals surface area (Å²) in [6.07, 6.45) is 3.00. The molecule has 0 aliphatic carbocycles. The molecule has 0 atom stereocenters. The fraction of sp³-hybridized carbons (Fsp3) is 0.0870. The maximum Gasteiger partial charge on any atom is 0.0707 e. The van der Waals surface area contributed by atoms with Gasteiger partial charge in [-0.15, -0.1) is 0 Å². The quantitative estimate of drug-likeness (QED) is 0.411. The van der Waals surface area contributed by atoms with Gasteiger partial charge in [-0.2, -0.15) is 0 Å². The standard InChI is InChI=1S/C23H21N/c1-19(17-20-11-5-2-6-12-20)24-23(22-15-9-4-10-16-22)18-21-13-7-3-8-14-21/h2-16,18H,17H2,1H3/b23-18?,24-19-. The van der Waals surface area contributed by atoms with E-state index in [9.17, 15) is 0 Å². The van der Waals surface area contributed by atoms with Crippen LogP contribution in [-0.4, -0.2) is 5.71 Å². The zero-order valence-electron chi connectivity index (χ0n) is 13.9. The SMILES string of the molecule is C/C(Cc1ccccc1)=N/C(=Cc1ccccc1)c1ccccc1. The Kier molecular flexibility index (Phi) is 5.36. The van der Waals surface area contributed by atoms with Gasteiger partial charge in [-0.1, -0.05) is 91.0 Å². The molecular weight excluding hydrogens is 290 g/mol. The van der Waals surface area contributed by atoms with Gasteiger partial charge in [-0.05, 0) is 24.1 Å². The van der Waals surface area contributed by atoms with Crippen molar-refractivity contribution in [1.29, 1.82) is 0 Å². The third-order valence-electron chi connectivity index (χ3n) is 3.79. The van der Waals surface area contributed by atoms with Crippen molar-refractivity contribution >= 4 is 17.5 Å². The highest BCUT2D eigenvalue weighted by Crippen LogP contribution is 2.20. The molecule has 0 aromatic heterocycles. The van der Waals surface area contributed by atoms with Gasteiger partial charge < -0.3 is 0 Å². The molecule has 24 heavy (non-hydrogen) atoms. The van der Waals surface area contributed by atoms with Gasteiger partial charge in [0.05, 0.1) is 5.70 Å². The van der Waals surface area contributed by atoms with Crippen LogP contribution in [0.5, 0.6) is 0 Å². The van der Waals surface area contributed by atoms with Crippen molar-refractivity contribution in [2.24, 2.45) is 4.99 Å². The first-order valence-corrected chi connectivity index (χ1v) is 8.21.